The van der Waals surface area contributed by atoms with E-state index < -0.39 is 0 Å². The average Bonchev–Trinajstić information content (AvgIpc) is 3.13. The molecule has 0 spiro atoms. The molecule has 0 bridgehead atoms. The zero-order valence-corrected chi connectivity index (χ0v) is 14.1. The van der Waals surface area contributed by atoms with Crippen molar-refractivity contribution < 1.29 is 5.11 Å². The summed E-state index contributed by atoms with van der Waals surface area (Å²) in [5, 5.41) is 25.7. The molecule has 2 aromatic rings. The zero-order valence-electron chi connectivity index (χ0n) is 14.1. The van der Waals surface area contributed by atoms with Crippen molar-refractivity contribution in [1.29, 1.82) is 5.26 Å². The van der Waals surface area contributed by atoms with E-state index >= 15 is 0 Å². The van der Waals surface area contributed by atoms with E-state index in [9.17, 15) is 5.11 Å². The quantitative estimate of drug-likeness (QED) is 0.756. The van der Waals surface area contributed by atoms with Crippen molar-refractivity contribution in [3.05, 3.63) is 58.9 Å². The predicted octanol–water partition coefficient (Wildman–Crippen LogP) is 2.53. The van der Waals surface area contributed by atoms with E-state index in [1.165, 1.54) is 12.6 Å². The lowest BCUT2D eigenvalue weighted by Gasteiger charge is -2.10. The number of pyridine rings is 1. The summed E-state index contributed by atoms with van der Waals surface area (Å²) in [6.45, 7) is 3.91. The second kappa shape index (κ2) is 8.43. The first-order valence-corrected chi connectivity index (χ1v) is 8.50. The first kappa shape index (κ1) is 17.2. The van der Waals surface area contributed by atoms with Crippen LogP contribution in [0.3, 0.4) is 0 Å². The molecule has 1 aromatic heterocycles. The van der Waals surface area contributed by atoms with Crippen molar-refractivity contribution in [2.75, 3.05) is 19.6 Å². The smallest absolute Gasteiger partial charge is 0.116 e. The highest BCUT2D eigenvalue weighted by molar-refractivity contribution is 5.70. The molecule has 0 aliphatic carbocycles. The standard InChI is InChI=1S/C20H22N4O/c21-9-19-6-16(10-23-14-19)2-1-15-5-18(8-20(25)7-15)13-24-12-17-3-4-22-11-17/h1-2,5-8,10,14,17,22,24-25H,3-4,11-13H2/b2-1+. The minimum atomic E-state index is 0.255. The maximum Gasteiger partial charge on any atom is 0.116 e. The number of nitrogens with zero attached hydrogens (tertiary/aromatic N) is 2. The van der Waals surface area contributed by atoms with Crippen LogP contribution in [-0.4, -0.2) is 29.7 Å². The molecule has 0 amide bonds. The lowest BCUT2D eigenvalue weighted by molar-refractivity contribution is 0.472. The average molecular weight is 334 g/mol. The van der Waals surface area contributed by atoms with Crippen molar-refractivity contribution >= 4 is 12.2 Å². The summed E-state index contributed by atoms with van der Waals surface area (Å²) >= 11 is 0. The first-order valence-electron chi connectivity index (χ1n) is 8.50. The summed E-state index contributed by atoms with van der Waals surface area (Å²) < 4.78 is 0. The van der Waals surface area contributed by atoms with E-state index in [4.69, 9.17) is 5.26 Å². The Labute approximate surface area is 148 Å². The van der Waals surface area contributed by atoms with Gasteiger partial charge in [-0.1, -0.05) is 18.2 Å². The minimum Gasteiger partial charge on any atom is -0.508 e. The summed E-state index contributed by atoms with van der Waals surface area (Å²) in [7, 11) is 0. The number of hydrogen-bond acceptors (Lipinski definition) is 5. The van der Waals surface area contributed by atoms with Crippen LogP contribution >= 0.6 is 0 Å². The molecule has 25 heavy (non-hydrogen) atoms. The number of phenolic OH excluding ortho intramolecular Hbond substituents is 1. The number of phenols is 1. The number of nitrogens with one attached hydrogen (secondary N) is 2. The maximum atomic E-state index is 9.96. The highest BCUT2D eigenvalue weighted by Crippen LogP contribution is 2.18. The Hall–Kier alpha value is -2.68. The molecule has 1 aliphatic rings. The number of aromatic nitrogens is 1. The van der Waals surface area contributed by atoms with Gasteiger partial charge in [-0.3, -0.25) is 4.98 Å². The van der Waals surface area contributed by atoms with Gasteiger partial charge in [0.2, 0.25) is 0 Å². The van der Waals surface area contributed by atoms with Crippen LogP contribution in [0.15, 0.2) is 36.7 Å². The summed E-state index contributed by atoms with van der Waals surface area (Å²) in [6, 6.07) is 9.43. The topological polar surface area (TPSA) is 81.0 Å². The molecule has 1 aromatic carbocycles. The third-order valence-electron chi connectivity index (χ3n) is 4.28. The van der Waals surface area contributed by atoms with Crippen LogP contribution in [0, 0.1) is 17.2 Å². The van der Waals surface area contributed by atoms with E-state index in [0.29, 0.717) is 11.5 Å². The fourth-order valence-electron chi connectivity index (χ4n) is 3.01. The molecule has 1 unspecified atom stereocenters. The van der Waals surface area contributed by atoms with E-state index in [0.717, 1.165) is 42.9 Å². The van der Waals surface area contributed by atoms with Gasteiger partial charge in [0.25, 0.3) is 0 Å². The van der Waals surface area contributed by atoms with Crippen molar-refractivity contribution in [3.63, 3.8) is 0 Å². The fraction of sp³-hybridized carbons (Fsp3) is 0.300. The van der Waals surface area contributed by atoms with Crippen LogP contribution in [0.5, 0.6) is 5.75 Å². The number of hydrogen-bond donors (Lipinski definition) is 3. The van der Waals surface area contributed by atoms with Crippen LogP contribution in [0.1, 0.15) is 28.7 Å². The molecule has 5 nitrogen and oxygen atoms in total. The summed E-state index contributed by atoms with van der Waals surface area (Å²) in [6.07, 6.45) is 8.27. The van der Waals surface area contributed by atoms with Crippen LogP contribution in [-0.2, 0) is 6.54 Å². The monoisotopic (exact) mass is 334 g/mol. The Morgan fingerprint density at radius 2 is 2.12 bits per heavy atom. The van der Waals surface area contributed by atoms with E-state index in [-0.39, 0.29) is 5.75 Å². The Balaban J connectivity index is 1.64. The SMILES string of the molecule is N#Cc1cncc(/C=C/c2cc(O)cc(CNCC3CCNC3)c2)c1. The third-order valence-corrected chi connectivity index (χ3v) is 4.28. The Bertz CT molecular complexity index is 789. The lowest BCUT2D eigenvalue weighted by atomic mass is 10.1. The van der Waals surface area contributed by atoms with Gasteiger partial charge in [-0.05, 0) is 66.9 Å². The first-order chi connectivity index (χ1) is 12.2. The van der Waals surface area contributed by atoms with Crippen LogP contribution in [0.2, 0.25) is 0 Å². The molecule has 5 heteroatoms. The van der Waals surface area contributed by atoms with E-state index in [1.54, 1.807) is 24.4 Å². The largest absolute Gasteiger partial charge is 0.508 e. The van der Waals surface area contributed by atoms with Crippen LogP contribution in [0.25, 0.3) is 12.2 Å². The highest BCUT2D eigenvalue weighted by Gasteiger charge is 2.13. The van der Waals surface area contributed by atoms with Gasteiger partial charge in [-0.25, -0.2) is 0 Å². The summed E-state index contributed by atoms with van der Waals surface area (Å²) in [5.41, 5.74) is 3.36. The second-order valence-electron chi connectivity index (χ2n) is 6.37. The Morgan fingerprint density at radius 1 is 1.24 bits per heavy atom. The number of rotatable bonds is 6. The Morgan fingerprint density at radius 3 is 2.92 bits per heavy atom. The maximum absolute atomic E-state index is 9.96. The van der Waals surface area contributed by atoms with Gasteiger partial charge < -0.3 is 15.7 Å². The van der Waals surface area contributed by atoms with Gasteiger partial charge in [0, 0.05) is 18.9 Å². The van der Waals surface area contributed by atoms with E-state index in [2.05, 4.69) is 27.8 Å². The van der Waals surface area contributed by atoms with E-state index in [1.807, 2.05) is 12.2 Å². The molecule has 3 rings (SSSR count). The molecule has 0 saturated carbocycles. The molecule has 1 saturated heterocycles. The normalized spacial score (nSPS) is 17.0. The molecule has 1 atom stereocenters. The number of nitriles is 1. The number of aromatic hydroxyl groups is 1. The minimum absolute atomic E-state index is 0.255. The van der Waals surface area contributed by atoms with Crippen molar-refractivity contribution in [2.24, 2.45) is 5.92 Å². The molecule has 1 fully saturated rings. The zero-order chi connectivity index (χ0) is 17.5. The molecule has 128 valence electrons. The Kier molecular flexibility index (Phi) is 5.78. The fourth-order valence-corrected chi connectivity index (χ4v) is 3.01. The molecule has 3 N–H and O–H groups in total. The van der Waals surface area contributed by atoms with Crippen LogP contribution < -0.4 is 10.6 Å². The van der Waals surface area contributed by atoms with Crippen molar-refractivity contribution in [2.45, 2.75) is 13.0 Å². The molecule has 2 heterocycles. The van der Waals surface area contributed by atoms with Gasteiger partial charge in [0.05, 0.1) is 5.56 Å². The van der Waals surface area contributed by atoms with Crippen LogP contribution in [0.4, 0.5) is 0 Å². The van der Waals surface area contributed by atoms with Crippen molar-refractivity contribution in [3.8, 4) is 11.8 Å². The second-order valence-corrected chi connectivity index (χ2v) is 6.37. The molecular weight excluding hydrogens is 312 g/mol. The number of benzene rings is 1. The van der Waals surface area contributed by atoms with Gasteiger partial charge in [0.15, 0.2) is 0 Å². The molecule has 0 radical (unpaired) electrons. The summed E-state index contributed by atoms with van der Waals surface area (Å²) in [4.78, 5) is 4.04. The lowest BCUT2D eigenvalue weighted by Crippen LogP contribution is -2.24. The highest BCUT2D eigenvalue weighted by atomic mass is 16.3. The third kappa shape index (κ3) is 5.15. The van der Waals surface area contributed by atoms with Crippen molar-refractivity contribution in [1.82, 2.24) is 15.6 Å². The molecular formula is C20H22N4O. The van der Waals surface area contributed by atoms with Gasteiger partial charge in [-0.2, -0.15) is 5.26 Å². The van der Waals surface area contributed by atoms with Gasteiger partial charge >= 0.3 is 0 Å². The van der Waals surface area contributed by atoms with Gasteiger partial charge in [-0.15, -0.1) is 0 Å². The predicted molar refractivity (Wildman–Crippen MR) is 98.7 cm³/mol. The molecule has 1 aliphatic heterocycles. The summed E-state index contributed by atoms with van der Waals surface area (Å²) in [5.74, 6) is 0.946. The van der Waals surface area contributed by atoms with Gasteiger partial charge in [0.1, 0.15) is 11.8 Å².